The maximum atomic E-state index is 12.4. The van der Waals surface area contributed by atoms with E-state index >= 15 is 0 Å². The smallest absolute Gasteiger partial charge is 0.338 e. The lowest BCUT2D eigenvalue weighted by atomic mass is 9.82. The maximum Gasteiger partial charge on any atom is 0.338 e. The average Bonchev–Trinajstić information content (AvgIpc) is 2.54. The Bertz CT molecular complexity index is 777. The zero-order valence-corrected chi connectivity index (χ0v) is 14.3. The molecule has 6 nitrogen and oxygen atoms in total. The predicted octanol–water partition coefficient (Wildman–Crippen LogP) is 2.99. The fourth-order valence-corrected chi connectivity index (χ4v) is 2.78. The van der Waals surface area contributed by atoms with Crippen molar-refractivity contribution in [1.29, 1.82) is 5.26 Å². The van der Waals surface area contributed by atoms with Gasteiger partial charge in [0, 0.05) is 10.6 Å². The number of nitrogens with zero attached hydrogens (tertiary/aromatic N) is 1. The normalized spacial score (nSPS) is 17.2. The van der Waals surface area contributed by atoms with E-state index < -0.39 is 11.9 Å². The average molecular weight is 349 g/mol. The number of carbonyl (C=O) groups excluding carboxylic acids is 1. The van der Waals surface area contributed by atoms with Crippen molar-refractivity contribution >= 4 is 17.6 Å². The first-order valence-electron chi connectivity index (χ1n) is 7.23. The molecular weight excluding hydrogens is 332 g/mol. The summed E-state index contributed by atoms with van der Waals surface area (Å²) in [6.07, 6.45) is 0. The van der Waals surface area contributed by atoms with Gasteiger partial charge in [0.2, 0.25) is 5.88 Å². The van der Waals surface area contributed by atoms with Gasteiger partial charge in [0.25, 0.3) is 0 Å². The lowest BCUT2D eigenvalue weighted by Gasteiger charge is -2.27. The first-order valence-corrected chi connectivity index (χ1v) is 7.61. The second-order valence-electron chi connectivity index (χ2n) is 5.00. The molecule has 0 aliphatic carbocycles. The first-order chi connectivity index (χ1) is 11.4. The van der Waals surface area contributed by atoms with Crippen LogP contribution in [0.25, 0.3) is 0 Å². The summed E-state index contributed by atoms with van der Waals surface area (Å²) >= 11 is 6.10. The van der Waals surface area contributed by atoms with Crippen molar-refractivity contribution in [3.8, 4) is 11.8 Å². The van der Waals surface area contributed by atoms with Crippen molar-refractivity contribution in [1.82, 2.24) is 0 Å². The summed E-state index contributed by atoms with van der Waals surface area (Å²) in [7, 11) is 1.49. The Morgan fingerprint density at radius 1 is 1.50 bits per heavy atom. The van der Waals surface area contributed by atoms with Gasteiger partial charge >= 0.3 is 5.97 Å². The predicted molar refractivity (Wildman–Crippen MR) is 88.0 cm³/mol. The minimum absolute atomic E-state index is 0.0601. The zero-order valence-electron chi connectivity index (χ0n) is 13.6. The summed E-state index contributed by atoms with van der Waals surface area (Å²) in [5, 5.41) is 9.96. The topological polar surface area (TPSA) is 94.6 Å². The van der Waals surface area contributed by atoms with Crippen LogP contribution in [0.5, 0.6) is 5.75 Å². The van der Waals surface area contributed by atoms with E-state index in [1.54, 1.807) is 32.0 Å². The quantitative estimate of drug-likeness (QED) is 0.840. The summed E-state index contributed by atoms with van der Waals surface area (Å²) in [5.41, 5.74) is 6.68. The Morgan fingerprint density at radius 3 is 2.79 bits per heavy atom. The standard InChI is InChI=1S/C17H17ClN2O4/c1-4-23-17(21)14-9(2)24-16(20)12(8-19)15(14)11-7-10(18)5-6-13(11)22-3/h5-7,15H,4,20H2,1-3H3. The van der Waals surface area contributed by atoms with Crippen molar-refractivity contribution in [2.24, 2.45) is 5.73 Å². The molecule has 0 bridgehead atoms. The molecule has 2 rings (SSSR count). The van der Waals surface area contributed by atoms with Crippen molar-refractivity contribution in [3.05, 3.63) is 51.6 Å². The van der Waals surface area contributed by atoms with Crippen LogP contribution in [-0.2, 0) is 14.3 Å². The molecule has 24 heavy (non-hydrogen) atoms. The van der Waals surface area contributed by atoms with E-state index in [-0.39, 0.29) is 29.4 Å². The number of nitriles is 1. The summed E-state index contributed by atoms with van der Waals surface area (Å²) in [6.45, 7) is 3.48. The zero-order chi connectivity index (χ0) is 17.9. The van der Waals surface area contributed by atoms with Crippen LogP contribution in [0, 0.1) is 11.3 Å². The summed E-state index contributed by atoms with van der Waals surface area (Å²) in [4.78, 5) is 12.4. The van der Waals surface area contributed by atoms with E-state index in [1.165, 1.54) is 7.11 Å². The molecule has 1 unspecified atom stereocenters. The third kappa shape index (κ3) is 3.17. The molecule has 0 saturated carbocycles. The molecule has 0 aromatic heterocycles. The molecule has 2 N–H and O–H groups in total. The fraction of sp³-hybridized carbons (Fsp3) is 0.294. The minimum atomic E-state index is -0.781. The van der Waals surface area contributed by atoms with E-state index in [2.05, 4.69) is 0 Å². The number of carbonyl (C=O) groups is 1. The molecule has 0 spiro atoms. The number of ether oxygens (including phenoxy) is 3. The van der Waals surface area contributed by atoms with Crippen LogP contribution in [0.1, 0.15) is 25.3 Å². The van der Waals surface area contributed by atoms with E-state index in [4.69, 9.17) is 31.5 Å². The second-order valence-corrected chi connectivity index (χ2v) is 5.44. The molecule has 1 aliphatic rings. The van der Waals surface area contributed by atoms with Crippen molar-refractivity contribution in [2.45, 2.75) is 19.8 Å². The molecule has 1 atom stereocenters. The van der Waals surface area contributed by atoms with Crippen molar-refractivity contribution < 1.29 is 19.0 Å². The van der Waals surface area contributed by atoms with Gasteiger partial charge in [-0.25, -0.2) is 4.79 Å². The van der Waals surface area contributed by atoms with E-state index in [1.807, 2.05) is 6.07 Å². The fourth-order valence-electron chi connectivity index (χ4n) is 2.60. The Balaban J connectivity index is 2.72. The third-order valence-electron chi connectivity index (χ3n) is 3.60. The van der Waals surface area contributed by atoms with Gasteiger partial charge in [-0.15, -0.1) is 0 Å². The highest BCUT2D eigenvalue weighted by molar-refractivity contribution is 6.30. The molecule has 0 saturated heterocycles. The molecule has 1 heterocycles. The maximum absolute atomic E-state index is 12.4. The molecule has 1 aromatic rings. The number of nitrogens with two attached hydrogens (primary N) is 1. The Morgan fingerprint density at radius 2 is 2.21 bits per heavy atom. The van der Waals surface area contributed by atoms with Gasteiger partial charge in [-0.1, -0.05) is 11.6 Å². The van der Waals surface area contributed by atoms with Gasteiger partial charge in [0.1, 0.15) is 23.2 Å². The lowest BCUT2D eigenvalue weighted by molar-refractivity contribution is -0.139. The third-order valence-corrected chi connectivity index (χ3v) is 3.84. The van der Waals surface area contributed by atoms with Gasteiger partial charge in [-0.3, -0.25) is 0 Å². The van der Waals surface area contributed by atoms with Crippen LogP contribution < -0.4 is 10.5 Å². The second kappa shape index (κ2) is 7.28. The minimum Gasteiger partial charge on any atom is -0.496 e. The van der Waals surface area contributed by atoms with Crippen LogP contribution in [0.4, 0.5) is 0 Å². The van der Waals surface area contributed by atoms with Gasteiger partial charge in [-0.2, -0.15) is 5.26 Å². The molecule has 1 aromatic carbocycles. The number of allylic oxidation sites excluding steroid dienone is 2. The van der Waals surface area contributed by atoms with Crippen molar-refractivity contribution in [2.75, 3.05) is 13.7 Å². The van der Waals surface area contributed by atoms with E-state index in [0.717, 1.165) is 0 Å². The molecule has 126 valence electrons. The largest absolute Gasteiger partial charge is 0.496 e. The number of rotatable bonds is 4. The Kier molecular flexibility index (Phi) is 5.37. The number of hydrogen-bond acceptors (Lipinski definition) is 6. The number of halogens is 1. The summed E-state index contributed by atoms with van der Waals surface area (Å²) in [5.74, 6) is -0.674. The SMILES string of the molecule is CCOC(=O)C1=C(C)OC(N)=C(C#N)C1c1cc(Cl)ccc1OC. The molecular formula is C17H17ClN2O4. The summed E-state index contributed by atoms with van der Waals surface area (Å²) in [6, 6.07) is 6.96. The van der Waals surface area contributed by atoms with Gasteiger partial charge in [-0.05, 0) is 32.0 Å². The number of methoxy groups -OCH3 is 1. The Hall–Kier alpha value is -2.65. The molecule has 1 aliphatic heterocycles. The number of esters is 1. The highest BCUT2D eigenvalue weighted by Gasteiger charge is 2.37. The summed E-state index contributed by atoms with van der Waals surface area (Å²) < 4.78 is 15.8. The molecule has 0 amide bonds. The lowest BCUT2D eigenvalue weighted by Crippen LogP contribution is -2.25. The van der Waals surface area contributed by atoms with Gasteiger partial charge in [0.15, 0.2) is 0 Å². The van der Waals surface area contributed by atoms with Crippen LogP contribution in [0.2, 0.25) is 5.02 Å². The van der Waals surface area contributed by atoms with Crippen LogP contribution in [-0.4, -0.2) is 19.7 Å². The Labute approximate surface area is 145 Å². The number of hydrogen-bond donors (Lipinski definition) is 1. The van der Waals surface area contributed by atoms with E-state index in [9.17, 15) is 10.1 Å². The van der Waals surface area contributed by atoms with Gasteiger partial charge < -0.3 is 19.9 Å². The highest BCUT2D eigenvalue weighted by Crippen LogP contribution is 2.43. The van der Waals surface area contributed by atoms with Crippen LogP contribution in [0.15, 0.2) is 41.0 Å². The van der Waals surface area contributed by atoms with E-state index in [0.29, 0.717) is 16.3 Å². The van der Waals surface area contributed by atoms with Crippen LogP contribution in [0.3, 0.4) is 0 Å². The highest BCUT2D eigenvalue weighted by atomic mass is 35.5. The molecule has 0 fully saturated rings. The molecule has 7 heteroatoms. The van der Waals surface area contributed by atoms with Gasteiger partial charge in [0.05, 0.1) is 25.2 Å². The van der Waals surface area contributed by atoms with Crippen molar-refractivity contribution in [3.63, 3.8) is 0 Å². The first kappa shape index (κ1) is 17.7. The monoisotopic (exact) mass is 348 g/mol. The molecule has 0 radical (unpaired) electrons. The number of benzene rings is 1. The van der Waals surface area contributed by atoms with Crippen LogP contribution >= 0.6 is 11.6 Å².